The average molecular weight is 462 g/mol. The van der Waals surface area contributed by atoms with Gasteiger partial charge in [0, 0.05) is 0 Å². The van der Waals surface area contributed by atoms with Gasteiger partial charge in [0.15, 0.2) is 38.8 Å². The van der Waals surface area contributed by atoms with Gasteiger partial charge in [-0.3, -0.25) is 0 Å². The number of fused-ring (bicyclic) bond motifs is 6. The van der Waals surface area contributed by atoms with Crippen LogP contribution in [-0.2, 0) is 0 Å². The van der Waals surface area contributed by atoms with E-state index in [4.69, 9.17) is 34.8 Å². The van der Waals surface area contributed by atoms with Crippen LogP contribution < -0.4 is 0 Å². The monoisotopic (exact) mass is 460 g/mol. The zero-order valence-corrected chi connectivity index (χ0v) is 16.6. The molecule has 0 saturated carbocycles. The zero-order chi connectivity index (χ0) is 20.7. The first-order valence-electron chi connectivity index (χ1n) is 7.71. The summed E-state index contributed by atoms with van der Waals surface area (Å²) in [4.78, 5) is 0. The van der Waals surface area contributed by atoms with Crippen molar-refractivity contribution < 1.29 is 36.1 Å². The summed E-state index contributed by atoms with van der Waals surface area (Å²) in [5, 5.41) is 62.0. The number of phenolic OH excluding ortho intramolecular Hbond substituents is 6. The van der Waals surface area contributed by atoms with Crippen molar-refractivity contribution in [3.8, 4) is 34.5 Å². The van der Waals surface area contributed by atoms with Crippen LogP contribution in [0.4, 0.5) is 0 Å². The second-order valence-corrected chi connectivity index (χ2v) is 7.89. The van der Waals surface area contributed by atoms with Crippen LogP contribution in [0.15, 0.2) is 36.4 Å². The van der Waals surface area contributed by atoms with Gasteiger partial charge in [0.25, 0.3) is 0 Å². The third-order valence-corrected chi connectivity index (χ3v) is 4.21. The number of hydrogen-bond donors (Lipinski definition) is 6. The molecule has 154 valence electrons. The molecule has 0 aromatic heterocycles. The fourth-order valence-corrected chi connectivity index (χ4v) is 3.07. The summed E-state index contributed by atoms with van der Waals surface area (Å²) < 4.78 is -0.750. The van der Waals surface area contributed by atoms with Gasteiger partial charge in [-0.25, -0.2) is 0 Å². The molecular formula is C19H15Cl3O7. The van der Waals surface area contributed by atoms with E-state index in [9.17, 15) is 30.6 Å². The van der Waals surface area contributed by atoms with Crippen molar-refractivity contribution in [1.29, 1.82) is 0 Å². The van der Waals surface area contributed by atoms with Gasteiger partial charge >= 0.3 is 0 Å². The lowest BCUT2D eigenvalue weighted by Crippen LogP contribution is -1.85. The lowest BCUT2D eigenvalue weighted by molar-refractivity contribution is 0.404. The Morgan fingerprint density at radius 2 is 0.517 bits per heavy atom. The standard InChI is InChI=1S/C18H12O6.CHCl3.H2O/c19-13-1-7-8(2-14(13)20)10-4-17(23)18(24)6-12(10)11-5-16(22)15(21)3-9(7)11;2-1(3)4;/h1-6,19-24H;1H;1H2. The summed E-state index contributed by atoms with van der Waals surface area (Å²) in [7, 11) is 0. The summed E-state index contributed by atoms with van der Waals surface area (Å²) in [6.07, 6.45) is 0. The summed E-state index contributed by atoms with van der Waals surface area (Å²) >= 11 is 14.4. The van der Waals surface area contributed by atoms with Crippen molar-refractivity contribution in [2.24, 2.45) is 0 Å². The van der Waals surface area contributed by atoms with E-state index in [0.29, 0.717) is 32.3 Å². The maximum absolute atomic E-state index is 9.82. The summed E-state index contributed by atoms with van der Waals surface area (Å²) in [5.41, 5.74) is 0. The van der Waals surface area contributed by atoms with Gasteiger partial charge < -0.3 is 36.1 Å². The van der Waals surface area contributed by atoms with Crippen molar-refractivity contribution in [3.63, 3.8) is 0 Å². The van der Waals surface area contributed by atoms with E-state index < -0.39 is 4.30 Å². The van der Waals surface area contributed by atoms with Crippen molar-refractivity contribution in [2.45, 2.75) is 4.30 Å². The summed E-state index contributed by atoms with van der Waals surface area (Å²) in [6, 6.07) is 8.04. The molecule has 0 fully saturated rings. The minimum atomic E-state index is -0.750. The van der Waals surface area contributed by atoms with Crippen LogP contribution in [0, 0.1) is 0 Å². The quantitative estimate of drug-likeness (QED) is 0.128. The Labute approximate surface area is 178 Å². The van der Waals surface area contributed by atoms with E-state index in [1.165, 1.54) is 36.4 Å². The molecule has 0 radical (unpaired) electrons. The largest absolute Gasteiger partial charge is 0.504 e. The van der Waals surface area contributed by atoms with Gasteiger partial charge in [-0.2, -0.15) is 0 Å². The lowest BCUT2D eigenvalue weighted by Gasteiger charge is -2.13. The molecule has 0 spiro atoms. The van der Waals surface area contributed by atoms with Gasteiger partial charge in [0.2, 0.25) is 0 Å². The van der Waals surface area contributed by atoms with Gasteiger partial charge in [0.05, 0.1) is 0 Å². The topological polar surface area (TPSA) is 153 Å². The third-order valence-electron chi connectivity index (χ3n) is 4.21. The number of phenols is 6. The first-order chi connectivity index (χ1) is 13.1. The molecule has 0 atom stereocenters. The van der Waals surface area contributed by atoms with E-state index >= 15 is 0 Å². The molecule has 4 aromatic carbocycles. The van der Waals surface area contributed by atoms with Crippen LogP contribution in [0.25, 0.3) is 32.3 Å². The molecule has 7 nitrogen and oxygen atoms in total. The Bertz CT molecular complexity index is 956. The predicted molar refractivity (Wildman–Crippen MR) is 114 cm³/mol. The number of halogens is 3. The van der Waals surface area contributed by atoms with Crippen LogP contribution >= 0.6 is 34.8 Å². The highest BCUT2D eigenvalue weighted by Crippen LogP contribution is 2.45. The van der Waals surface area contributed by atoms with Gasteiger partial charge in [-0.1, -0.05) is 34.8 Å². The van der Waals surface area contributed by atoms with E-state index in [2.05, 4.69) is 0 Å². The predicted octanol–water partition coefficient (Wildman–Crippen LogP) is 4.54. The molecule has 0 aliphatic carbocycles. The number of aromatic hydroxyl groups is 6. The second-order valence-electron chi connectivity index (χ2n) is 5.91. The fraction of sp³-hybridized carbons (Fsp3) is 0.0526. The van der Waals surface area contributed by atoms with Gasteiger partial charge in [-0.15, -0.1) is 0 Å². The molecule has 0 amide bonds. The Kier molecular flexibility index (Phi) is 6.50. The van der Waals surface area contributed by atoms with Crippen molar-refractivity contribution in [2.75, 3.05) is 0 Å². The molecule has 4 rings (SSSR count). The molecule has 0 unspecified atom stereocenters. The second kappa shape index (κ2) is 8.34. The van der Waals surface area contributed by atoms with Gasteiger partial charge in [0.1, 0.15) is 0 Å². The van der Waals surface area contributed by atoms with E-state index in [-0.39, 0.29) is 40.0 Å². The van der Waals surface area contributed by atoms with Gasteiger partial charge in [-0.05, 0) is 68.7 Å². The molecule has 4 aromatic rings. The first kappa shape index (κ1) is 22.6. The molecule has 0 aliphatic heterocycles. The molecule has 8 N–H and O–H groups in total. The molecule has 0 heterocycles. The Balaban J connectivity index is 0.000000552. The smallest absolute Gasteiger partial charge is 0.180 e. The van der Waals surface area contributed by atoms with Crippen LogP contribution in [-0.4, -0.2) is 40.4 Å². The highest BCUT2D eigenvalue weighted by Gasteiger charge is 2.16. The highest BCUT2D eigenvalue weighted by molar-refractivity contribution is 6.63. The summed E-state index contributed by atoms with van der Waals surface area (Å²) in [6.45, 7) is 0. The zero-order valence-electron chi connectivity index (χ0n) is 14.4. The van der Waals surface area contributed by atoms with Crippen LogP contribution in [0.2, 0.25) is 0 Å². The normalized spacial score (nSPS) is 10.8. The minimum Gasteiger partial charge on any atom is -0.504 e. The lowest BCUT2D eigenvalue weighted by atomic mass is 9.93. The van der Waals surface area contributed by atoms with E-state index in [0.717, 1.165) is 0 Å². The molecular weight excluding hydrogens is 447 g/mol. The first-order valence-corrected chi connectivity index (χ1v) is 9.02. The highest BCUT2D eigenvalue weighted by atomic mass is 35.6. The Hall–Kier alpha value is -2.71. The van der Waals surface area contributed by atoms with Crippen LogP contribution in [0.3, 0.4) is 0 Å². The van der Waals surface area contributed by atoms with Crippen molar-refractivity contribution >= 4 is 67.1 Å². The summed E-state index contributed by atoms with van der Waals surface area (Å²) in [5.74, 6) is -2.01. The number of rotatable bonds is 0. The van der Waals surface area contributed by atoms with E-state index in [1.807, 2.05) is 0 Å². The average Bonchev–Trinajstić information content (AvgIpc) is 2.60. The number of benzene rings is 4. The molecule has 0 bridgehead atoms. The molecule has 10 heteroatoms. The number of alkyl halides is 3. The molecule has 29 heavy (non-hydrogen) atoms. The van der Waals surface area contributed by atoms with E-state index in [1.54, 1.807) is 0 Å². The van der Waals surface area contributed by atoms with Crippen LogP contribution in [0.1, 0.15) is 0 Å². The Morgan fingerprint density at radius 1 is 0.414 bits per heavy atom. The fourth-order valence-electron chi connectivity index (χ4n) is 3.07. The van der Waals surface area contributed by atoms with Crippen molar-refractivity contribution in [3.05, 3.63) is 36.4 Å². The molecule has 0 saturated heterocycles. The van der Waals surface area contributed by atoms with Crippen molar-refractivity contribution in [1.82, 2.24) is 0 Å². The van der Waals surface area contributed by atoms with Crippen LogP contribution in [0.5, 0.6) is 34.5 Å². The molecule has 0 aliphatic rings. The maximum atomic E-state index is 9.82. The third kappa shape index (κ3) is 4.18. The SMILES string of the molecule is ClC(Cl)Cl.O.Oc1cc2c3cc(O)c(O)cc3c3cc(O)c(O)cc3c2cc1O. The minimum absolute atomic E-state index is 0. The Morgan fingerprint density at radius 3 is 0.621 bits per heavy atom. The number of hydrogen-bond acceptors (Lipinski definition) is 6. The maximum Gasteiger partial charge on any atom is 0.180 e.